The van der Waals surface area contributed by atoms with Crippen LogP contribution in [0.2, 0.25) is 0 Å². The summed E-state index contributed by atoms with van der Waals surface area (Å²) in [5, 5.41) is 9.41. The number of nitrogens with one attached hydrogen (secondary N) is 2. The van der Waals surface area contributed by atoms with Crippen LogP contribution in [0.25, 0.3) is 11.4 Å². The summed E-state index contributed by atoms with van der Waals surface area (Å²) in [6.45, 7) is 5.79. The summed E-state index contributed by atoms with van der Waals surface area (Å²) in [5.74, 6) is 0.939. The van der Waals surface area contributed by atoms with Gasteiger partial charge in [-0.15, -0.1) is 11.8 Å². The van der Waals surface area contributed by atoms with Crippen molar-refractivity contribution in [1.82, 2.24) is 20.8 Å². The molecule has 2 N–H and O–H groups in total. The summed E-state index contributed by atoms with van der Waals surface area (Å²) in [6, 6.07) is 7.22. The van der Waals surface area contributed by atoms with E-state index >= 15 is 0 Å². The van der Waals surface area contributed by atoms with Crippen LogP contribution in [-0.4, -0.2) is 38.5 Å². The van der Waals surface area contributed by atoms with Gasteiger partial charge >= 0.3 is 0 Å². The summed E-state index contributed by atoms with van der Waals surface area (Å²) < 4.78 is 4.67. The molecule has 1 unspecified atom stereocenters. The van der Waals surface area contributed by atoms with Gasteiger partial charge in [0, 0.05) is 11.3 Å². The van der Waals surface area contributed by atoms with Crippen molar-refractivity contribution < 1.29 is 14.1 Å². The lowest BCUT2D eigenvalue weighted by atomic mass is 10.1. The van der Waals surface area contributed by atoms with Crippen molar-refractivity contribution in [3.8, 4) is 11.4 Å². The van der Waals surface area contributed by atoms with Gasteiger partial charge < -0.3 is 15.2 Å². The van der Waals surface area contributed by atoms with E-state index in [2.05, 4.69) is 20.8 Å². The third-order valence-corrected chi connectivity index (χ3v) is 5.34. The van der Waals surface area contributed by atoms with E-state index < -0.39 is 10.8 Å². The maximum Gasteiger partial charge on any atom is 0.246 e. The molecule has 1 atom stereocenters. The van der Waals surface area contributed by atoms with E-state index in [4.69, 9.17) is 4.52 Å². The van der Waals surface area contributed by atoms with E-state index in [1.807, 2.05) is 45.0 Å². The van der Waals surface area contributed by atoms with Gasteiger partial charge in [-0.25, -0.2) is 0 Å². The van der Waals surface area contributed by atoms with Gasteiger partial charge in [-0.3, -0.25) is 9.59 Å². The number of amides is 2. The highest BCUT2D eigenvalue weighted by atomic mass is 32.2. The van der Waals surface area contributed by atoms with Crippen molar-refractivity contribution in [2.24, 2.45) is 0 Å². The zero-order chi connectivity index (χ0) is 18.0. The van der Waals surface area contributed by atoms with Crippen molar-refractivity contribution in [3.63, 3.8) is 0 Å². The van der Waals surface area contributed by atoms with Gasteiger partial charge in [0.25, 0.3) is 0 Å². The number of thioether (sulfide) groups is 1. The summed E-state index contributed by atoms with van der Waals surface area (Å²) >= 11 is 1.47. The molecule has 1 aliphatic heterocycles. The Morgan fingerprint density at radius 1 is 1.48 bits per heavy atom. The number of aromatic nitrogens is 2. The van der Waals surface area contributed by atoms with Crippen molar-refractivity contribution >= 4 is 23.6 Å². The fraction of sp³-hybridized carbons (Fsp3) is 0.412. The van der Waals surface area contributed by atoms with Gasteiger partial charge in [0.05, 0.1) is 11.3 Å². The fourth-order valence-electron chi connectivity index (χ4n) is 2.39. The number of carbonyl (C=O) groups excluding carboxylic acids is 2. The maximum absolute atomic E-state index is 12.2. The lowest BCUT2D eigenvalue weighted by molar-refractivity contribution is -0.129. The number of hydrogen-bond acceptors (Lipinski definition) is 6. The van der Waals surface area contributed by atoms with Gasteiger partial charge in [0.1, 0.15) is 6.04 Å². The Labute approximate surface area is 149 Å². The highest BCUT2D eigenvalue weighted by Crippen LogP contribution is 2.29. The number of rotatable bonds is 4. The molecule has 0 saturated carbocycles. The molecule has 2 heterocycles. The minimum absolute atomic E-state index is 0.123. The van der Waals surface area contributed by atoms with Crippen LogP contribution < -0.4 is 10.6 Å². The second-order valence-corrected chi connectivity index (χ2v) is 8.09. The smallest absolute Gasteiger partial charge is 0.246 e. The van der Waals surface area contributed by atoms with Crippen molar-refractivity contribution in [2.45, 2.75) is 38.1 Å². The number of nitrogens with zero attached hydrogens (tertiary/aromatic N) is 2. The topological polar surface area (TPSA) is 97.1 Å². The summed E-state index contributed by atoms with van der Waals surface area (Å²) in [5.41, 5.74) is 1.96. The number of carbonyl (C=O) groups is 2. The second kappa shape index (κ2) is 6.87. The lowest BCUT2D eigenvalue weighted by Gasteiger charge is -2.32. The van der Waals surface area contributed by atoms with Gasteiger partial charge in [0.15, 0.2) is 0 Å². The molecule has 1 aliphatic rings. The predicted molar refractivity (Wildman–Crippen MR) is 94.8 cm³/mol. The SMILES string of the molecule is Cc1cccc(-c2noc(CNC(=O)C3CSC(C)(C)C(=O)N3)n2)c1. The average molecular weight is 360 g/mol. The number of hydrogen-bond donors (Lipinski definition) is 2. The van der Waals surface area contributed by atoms with E-state index in [0.717, 1.165) is 11.1 Å². The van der Waals surface area contributed by atoms with E-state index in [1.165, 1.54) is 11.8 Å². The monoisotopic (exact) mass is 360 g/mol. The molecule has 8 heteroatoms. The fourth-order valence-corrected chi connectivity index (χ4v) is 3.39. The number of aryl methyl sites for hydroxylation is 1. The van der Waals surface area contributed by atoms with Crippen LogP contribution in [0.5, 0.6) is 0 Å². The molecule has 25 heavy (non-hydrogen) atoms. The Morgan fingerprint density at radius 2 is 2.28 bits per heavy atom. The minimum atomic E-state index is -0.551. The Morgan fingerprint density at radius 3 is 3.00 bits per heavy atom. The van der Waals surface area contributed by atoms with Crippen LogP contribution in [0.1, 0.15) is 25.3 Å². The molecular formula is C17H20N4O3S. The lowest BCUT2D eigenvalue weighted by Crippen LogP contribution is -2.57. The molecular weight excluding hydrogens is 340 g/mol. The quantitative estimate of drug-likeness (QED) is 0.861. The highest BCUT2D eigenvalue weighted by molar-refractivity contribution is 8.01. The van der Waals surface area contributed by atoms with Gasteiger partial charge in [-0.2, -0.15) is 4.98 Å². The second-order valence-electron chi connectivity index (χ2n) is 6.45. The molecule has 0 radical (unpaired) electrons. The molecule has 0 spiro atoms. The van der Waals surface area contributed by atoms with Crippen LogP contribution >= 0.6 is 11.8 Å². The third-order valence-electron chi connectivity index (χ3n) is 3.94. The van der Waals surface area contributed by atoms with E-state index in [-0.39, 0.29) is 18.4 Å². The van der Waals surface area contributed by atoms with Crippen LogP contribution in [0.3, 0.4) is 0 Å². The summed E-state index contributed by atoms with van der Waals surface area (Å²) in [7, 11) is 0. The molecule has 1 aromatic carbocycles. The average Bonchev–Trinajstić information content (AvgIpc) is 3.04. The van der Waals surface area contributed by atoms with E-state index in [1.54, 1.807) is 0 Å². The first-order valence-corrected chi connectivity index (χ1v) is 8.96. The highest BCUT2D eigenvalue weighted by Gasteiger charge is 2.37. The summed E-state index contributed by atoms with van der Waals surface area (Å²) in [6.07, 6.45) is 0. The standard InChI is InChI=1S/C17H20N4O3S/c1-10-5-4-6-11(7-10)14-20-13(24-21-14)8-18-15(22)12-9-25-17(2,3)16(23)19-12/h4-7,12H,8-9H2,1-3H3,(H,18,22)(H,19,23). The van der Waals surface area contributed by atoms with Crippen LogP contribution in [0, 0.1) is 6.92 Å². The van der Waals surface area contributed by atoms with Gasteiger partial charge in [-0.1, -0.05) is 28.9 Å². The molecule has 1 aromatic heterocycles. The third kappa shape index (κ3) is 4.01. The van der Waals surface area contributed by atoms with Crippen molar-refractivity contribution in [1.29, 1.82) is 0 Å². The largest absolute Gasteiger partial charge is 0.345 e. The van der Waals surface area contributed by atoms with Crippen molar-refractivity contribution in [3.05, 3.63) is 35.7 Å². The minimum Gasteiger partial charge on any atom is -0.345 e. The predicted octanol–water partition coefficient (Wildman–Crippen LogP) is 1.67. The first kappa shape index (κ1) is 17.5. The zero-order valence-electron chi connectivity index (χ0n) is 14.3. The van der Waals surface area contributed by atoms with Gasteiger partial charge in [-0.05, 0) is 26.8 Å². The normalized spacial score (nSPS) is 19.3. The zero-order valence-corrected chi connectivity index (χ0v) is 15.1. The Hall–Kier alpha value is -2.35. The van der Waals surface area contributed by atoms with Gasteiger partial charge in [0.2, 0.25) is 23.5 Å². The molecule has 7 nitrogen and oxygen atoms in total. The Balaban J connectivity index is 1.57. The molecule has 1 fully saturated rings. The van der Waals surface area contributed by atoms with Crippen LogP contribution in [0.15, 0.2) is 28.8 Å². The van der Waals surface area contributed by atoms with Crippen LogP contribution in [-0.2, 0) is 16.1 Å². The molecule has 0 bridgehead atoms. The summed E-state index contributed by atoms with van der Waals surface area (Å²) in [4.78, 5) is 28.5. The molecule has 2 amide bonds. The first-order valence-electron chi connectivity index (χ1n) is 7.97. The molecule has 3 rings (SSSR count). The maximum atomic E-state index is 12.2. The molecule has 2 aromatic rings. The first-order chi connectivity index (χ1) is 11.8. The van der Waals surface area contributed by atoms with E-state index in [0.29, 0.717) is 17.5 Å². The number of benzene rings is 1. The molecule has 0 aliphatic carbocycles. The van der Waals surface area contributed by atoms with Crippen LogP contribution in [0.4, 0.5) is 0 Å². The molecule has 1 saturated heterocycles. The Bertz CT molecular complexity index is 803. The van der Waals surface area contributed by atoms with E-state index in [9.17, 15) is 9.59 Å². The Kier molecular flexibility index (Phi) is 4.80. The van der Waals surface area contributed by atoms with Crippen molar-refractivity contribution in [2.75, 3.05) is 5.75 Å². The molecule has 132 valence electrons.